The van der Waals surface area contributed by atoms with Gasteiger partial charge in [-0.25, -0.2) is 8.42 Å². The van der Waals surface area contributed by atoms with Crippen molar-refractivity contribution in [2.45, 2.75) is 9.79 Å². The Kier molecular flexibility index (Phi) is 6.82. The molecule has 0 aliphatic rings. The Morgan fingerprint density at radius 1 is 0.457 bits per heavy atom. The van der Waals surface area contributed by atoms with E-state index in [4.69, 9.17) is 29.5 Å². The lowest BCUT2D eigenvalue weighted by atomic mass is 10.3. The Bertz CT molecular complexity index is 1370. The molecule has 0 unspecified atom stereocenters. The molecule has 0 aromatic heterocycles. The van der Waals surface area contributed by atoms with E-state index in [0.717, 1.165) is 0 Å². The summed E-state index contributed by atoms with van der Waals surface area (Å²) in [7, 11) is -3.75. The molecule has 9 heteroatoms. The van der Waals surface area contributed by atoms with Gasteiger partial charge in [0.25, 0.3) is 12.5 Å². The molecule has 0 amide bonds. The van der Waals surface area contributed by atoms with Crippen molar-refractivity contribution in [1.82, 2.24) is 0 Å². The van der Waals surface area contributed by atoms with Crippen LogP contribution >= 0.6 is 0 Å². The van der Waals surface area contributed by atoms with Gasteiger partial charge in [-0.3, -0.25) is 0 Å². The van der Waals surface area contributed by atoms with Crippen molar-refractivity contribution in [3.05, 3.63) is 97.1 Å². The van der Waals surface area contributed by atoms with Gasteiger partial charge in [-0.1, -0.05) is 0 Å². The van der Waals surface area contributed by atoms with E-state index in [9.17, 15) is 8.42 Å². The Hall–Kier alpha value is -4.99. The van der Waals surface area contributed by atoms with Crippen molar-refractivity contribution in [2.24, 2.45) is 0 Å². The number of benzene rings is 4. The lowest BCUT2D eigenvalue weighted by molar-refractivity contribution is 0.476. The van der Waals surface area contributed by atoms with Crippen molar-refractivity contribution < 1.29 is 27.4 Å². The number of nitriles is 2. The third-order valence-electron chi connectivity index (χ3n) is 4.71. The summed E-state index contributed by atoms with van der Waals surface area (Å²) in [6, 6.07) is 25.0. The Labute approximate surface area is 201 Å². The number of hydrogen-bond donors (Lipinski definition) is 0. The number of ether oxygens (including phenoxy) is 4. The highest BCUT2D eigenvalue weighted by atomic mass is 32.2. The molecule has 4 aromatic rings. The lowest BCUT2D eigenvalue weighted by Crippen LogP contribution is -2.01. The fourth-order valence-electron chi connectivity index (χ4n) is 3.04. The van der Waals surface area contributed by atoms with Crippen molar-refractivity contribution in [2.75, 3.05) is 0 Å². The first-order valence-electron chi connectivity index (χ1n) is 10.1. The Morgan fingerprint density at radius 3 is 1.00 bits per heavy atom. The fourth-order valence-corrected chi connectivity index (χ4v) is 4.30. The largest absolute Gasteiger partial charge is 0.457 e. The number of rotatable bonds is 8. The molecule has 0 saturated heterocycles. The smallest absolute Gasteiger partial charge is 0.292 e. The van der Waals surface area contributed by atoms with Gasteiger partial charge in [0.05, 0.1) is 9.79 Å². The molecule has 4 rings (SSSR count). The van der Waals surface area contributed by atoms with Gasteiger partial charge in [0.1, 0.15) is 34.5 Å². The minimum Gasteiger partial charge on any atom is -0.457 e. The molecular formula is C26H16N2O6S. The normalized spacial score (nSPS) is 10.5. The summed E-state index contributed by atoms with van der Waals surface area (Å²) in [5, 5.41) is 17.0. The molecular weight excluding hydrogens is 468 g/mol. The van der Waals surface area contributed by atoms with E-state index in [1.165, 1.54) is 24.3 Å². The molecule has 4 aromatic carbocycles. The second kappa shape index (κ2) is 10.3. The molecule has 0 atom stereocenters. The first-order chi connectivity index (χ1) is 17.0. The summed E-state index contributed by atoms with van der Waals surface area (Å²) in [6.07, 6.45) is 3.18. The van der Waals surface area contributed by atoms with Gasteiger partial charge < -0.3 is 18.9 Å². The number of hydrogen-bond acceptors (Lipinski definition) is 8. The SMILES string of the molecule is N#COc1ccc(Oc2ccc(S(=O)(=O)c3ccc(Oc4ccc(OC#N)cc4)cc3)cc2)cc1. The minimum absolute atomic E-state index is 0.115. The third-order valence-corrected chi connectivity index (χ3v) is 6.50. The first-order valence-corrected chi connectivity index (χ1v) is 11.6. The zero-order chi connectivity index (χ0) is 24.7. The van der Waals surface area contributed by atoms with Gasteiger partial charge in [0, 0.05) is 0 Å². The van der Waals surface area contributed by atoms with Crippen LogP contribution in [0.15, 0.2) is 107 Å². The highest BCUT2D eigenvalue weighted by molar-refractivity contribution is 7.91. The summed E-state index contributed by atoms with van der Waals surface area (Å²) in [5.41, 5.74) is 0. The summed E-state index contributed by atoms with van der Waals surface area (Å²) in [4.78, 5) is 0.230. The predicted molar refractivity (Wildman–Crippen MR) is 124 cm³/mol. The van der Waals surface area contributed by atoms with Gasteiger partial charge in [-0.2, -0.15) is 0 Å². The van der Waals surface area contributed by atoms with E-state index in [-0.39, 0.29) is 9.79 Å². The van der Waals surface area contributed by atoms with Crippen LogP contribution in [0.5, 0.6) is 34.5 Å². The topological polar surface area (TPSA) is 119 Å². The second-order valence-corrected chi connectivity index (χ2v) is 8.93. The predicted octanol–water partition coefficient (Wildman–Crippen LogP) is 5.82. The molecule has 0 heterocycles. The standard InChI is InChI=1S/C26H16N2O6S/c27-17-31-19-1-5-21(6-2-19)33-23-9-13-25(14-10-23)35(29,30)26-15-11-24(12-16-26)34-22-7-3-20(4-8-22)32-18-28/h1-16H. The fraction of sp³-hybridized carbons (Fsp3) is 0. The molecule has 0 aliphatic heterocycles. The molecule has 0 spiro atoms. The van der Waals surface area contributed by atoms with Crippen molar-refractivity contribution in [3.8, 4) is 47.0 Å². The van der Waals surface area contributed by atoms with E-state index < -0.39 is 9.84 Å². The molecule has 0 radical (unpaired) electrons. The van der Waals surface area contributed by atoms with E-state index in [1.54, 1.807) is 85.3 Å². The maximum Gasteiger partial charge on any atom is 0.292 e. The van der Waals surface area contributed by atoms with Gasteiger partial charge in [0.15, 0.2) is 0 Å². The van der Waals surface area contributed by atoms with Gasteiger partial charge in [0.2, 0.25) is 9.84 Å². The highest BCUT2D eigenvalue weighted by Crippen LogP contribution is 2.29. The summed E-state index contributed by atoms with van der Waals surface area (Å²) in [6.45, 7) is 0. The third kappa shape index (κ3) is 5.69. The zero-order valence-corrected chi connectivity index (χ0v) is 18.8. The van der Waals surface area contributed by atoms with E-state index in [0.29, 0.717) is 34.5 Å². The summed E-state index contributed by atoms with van der Waals surface area (Å²) >= 11 is 0. The zero-order valence-electron chi connectivity index (χ0n) is 18.0. The van der Waals surface area contributed by atoms with Crippen molar-refractivity contribution in [1.29, 1.82) is 10.5 Å². The van der Waals surface area contributed by atoms with Crippen LogP contribution in [0.1, 0.15) is 0 Å². The Balaban J connectivity index is 1.43. The number of sulfone groups is 1. The van der Waals surface area contributed by atoms with Gasteiger partial charge in [-0.05, 0) is 97.1 Å². The van der Waals surface area contributed by atoms with E-state index in [1.807, 2.05) is 0 Å². The molecule has 8 nitrogen and oxygen atoms in total. The average molecular weight is 484 g/mol. The maximum absolute atomic E-state index is 13.0. The second-order valence-electron chi connectivity index (χ2n) is 6.98. The average Bonchev–Trinajstić information content (AvgIpc) is 2.87. The van der Waals surface area contributed by atoms with Crippen molar-refractivity contribution >= 4 is 9.84 Å². The molecule has 0 bridgehead atoms. The maximum atomic E-state index is 13.0. The molecule has 0 fully saturated rings. The summed E-state index contributed by atoms with van der Waals surface area (Å²) in [5.74, 6) is 2.70. The number of nitrogens with zero attached hydrogens (tertiary/aromatic N) is 2. The van der Waals surface area contributed by atoms with Gasteiger partial charge in [-0.15, -0.1) is 10.5 Å². The lowest BCUT2D eigenvalue weighted by Gasteiger charge is -2.09. The van der Waals surface area contributed by atoms with Crippen molar-refractivity contribution in [3.63, 3.8) is 0 Å². The molecule has 0 N–H and O–H groups in total. The van der Waals surface area contributed by atoms with Crippen LogP contribution in [0.2, 0.25) is 0 Å². The van der Waals surface area contributed by atoms with Crippen LogP contribution in [-0.4, -0.2) is 8.42 Å². The van der Waals surface area contributed by atoms with Gasteiger partial charge >= 0.3 is 0 Å². The molecule has 0 saturated carbocycles. The minimum atomic E-state index is -3.75. The van der Waals surface area contributed by atoms with E-state index in [2.05, 4.69) is 0 Å². The quantitative estimate of drug-likeness (QED) is 0.287. The molecule has 35 heavy (non-hydrogen) atoms. The van der Waals surface area contributed by atoms with E-state index >= 15 is 0 Å². The summed E-state index contributed by atoms with van der Waals surface area (Å²) < 4.78 is 46.9. The van der Waals surface area contributed by atoms with Crippen LogP contribution in [0, 0.1) is 23.0 Å². The van der Waals surface area contributed by atoms with Crippen LogP contribution in [-0.2, 0) is 9.84 Å². The Morgan fingerprint density at radius 2 is 0.714 bits per heavy atom. The van der Waals surface area contributed by atoms with Crippen LogP contribution in [0.3, 0.4) is 0 Å². The highest BCUT2D eigenvalue weighted by Gasteiger charge is 2.18. The van der Waals surface area contributed by atoms with Crippen LogP contribution < -0.4 is 18.9 Å². The monoisotopic (exact) mass is 484 g/mol. The first kappa shape index (κ1) is 23.2. The molecule has 0 aliphatic carbocycles. The van der Waals surface area contributed by atoms with Crippen LogP contribution in [0.4, 0.5) is 0 Å². The van der Waals surface area contributed by atoms with Crippen LogP contribution in [0.25, 0.3) is 0 Å². The molecule has 172 valence electrons.